The zero-order chi connectivity index (χ0) is 12.8. The molecule has 1 atom stereocenters. The highest BCUT2D eigenvalue weighted by molar-refractivity contribution is 5.36. The molecule has 1 heterocycles. The van der Waals surface area contributed by atoms with Crippen LogP contribution in [0.25, 0.3) is 0 Å². The van der Waals surface area contributed by atoms with Crippen molar-refractivity contribution in [3.05, 3.63) is 48.2 Å². The van der Waals surface area contributed by atoms with Crippen LogP contribution in [0.15, 0.2) is 42.6 Å². The van der Waals surface area contributed by atoms with Crippen LogP contribution in [0.4, 0.5) is 11.8 Å². The third-order valence-corrected chi connectivity index (χ3v) is 2.56. The van der Waals surface area contributed by atoms with E-state index in [9.17, 15) is 5.11 Å². The number of nitrogens with two attached hydrogens (primary N) is 1. The highest BCUT2D eigenvalue weighted by Crippen LogP contribution is 2.08. The van der Waals surface area contributed by atoms with Crippen molar-refractivity contribution in [1.82, 2.24) is 9.97 Å². The smallest absolute Gasteiger partial charge is 0.224 e. The molecule has 1 unspecified atom stereocenters. The number of nitrogen functional groups attached to an aromatic ring is 1. The molecule has 0 aliphatic rings. The molecule has 94 valence electrons. The van der Waals surface area contributed by atoms with Gasteiger partial charge in [-0.1, -0.05) is 30.3 Å². The number of rotatable bonds is 5. The van der Waals surface area contributed by atoms with Crippen LogP contribution in [0.5, 0.6) is 0 Å². The maximum atomic E-state index is 9.37. The second-order valence-electron chi connectivity index (χ2n) is 4.02. The lowest BCUT2D eigenvalue weighted by atomic mass is 10.1. The number of nitrogens with one attached hydrogen (secondary N) is 1. The van der Waals surface area contributed by atoms with Crippen LogP contribution in [0.3, 0.4) is 0 Å². The van der Waals surface area contributed by atoms with Crippen LogP contribution in [0.1, 0.15) is 5.56 Å². The highest BCUT2D eigenvalue weighted by atomic mass is 16.3. The second kappa shape index (κ2) is 5.97. The van der Waals surface area contributed by atoms with Gasteiger partial charge in [0.1, 0.15) is 5.82 Å². The SMILES string of the molecule is Nc1ccnc(NC(CO)Cc2ccccc2)n1. The van der Waals surface area contributed by atoms with Crippen molar-refractivity contribution in [2.75, 3.05) is 17.7 Å². The summed E-state index contributed by atoms with van der Waals surface area (Å²) in [5.41, 5.74) is 6.72. The van der Waals surface area contributed by atoms with Gasteiger partial charge < -0.3 is 16.2 Å². The van der Waals surface area contributed by atoms with Crippen LogP contribution >= 0.6 is 0 Å². The summed E-state index contributed by atoms with van der Waals surface area (Å²) in [6.07, 6.45) is 2.29. The van der Waals surface area contributed by atoms with E-state index in [2.05, 4.69) is 15.3 Å². The first-order valence-corrected chi connectivity index (χ1v) is 5.78. The summed E-state index contributed by atoms with van der Waals surface area (Å²) in [5, 5.41) is 12.4. The van der Waals surface area contributed by atoms with E-state index in [0.29, 0.717) is 18.2 Å². The average Bonchev–Trinajstić information content (AvgIpc) is 2.39. The summed E-state index contributed by atoms with van der Waals surface area (Å²) in [4.78, 5) is 8.10. The summed E-state index contributed by atoms with van der Waals surface area (Å²) in [6, 6.07) is 11.4. The van der Waals surface area contributed by atoms with Crippen LogP contribution in [0.2, 0.25) is 0 Å². The summed E-state index contributed by atoms with van der Waals surface area (Å²) in [7, 11) is 0. The minimum absolute atomic E-state index is 0.00700. The van der Waals surface area contributed by atoms with Gasteiger partial charge in [-0.3, -0.25) is 0 Å². The lowest BCUT2D eigenvalue weighted by molar-refractivity contribution is 0.273. The van der Waals surface area contributed by atoms with Crippen molar-refractivity contribution in [2.45, 2.75) is 12.5 Å². The first kappa shape index (κ1) is 12.3. The molecular weight excluding hydrogens is 228 g/mol. The molecule has 0 aliphatic heterocycles. The molecule has 5 heteroatoms. The van der Waals surface area contributed by atoms with Gasteiger partial charge in [-0.05, 0) is 18.1 Å². The Morgan fingerprint density at radius 1 is 1.22 bits per heavy atom. The van der Waals surface area contributed by atoms with Crippen molar-refractivity contribution in [1.29, 1.82) is 0 Å². The monoisotopic (exact) mass is 244 g/mol. The Kier molecular flexibility index (Phi) is 4.09. The summed E-state index contributed by atoms with van der Waals surface area (Å²) in [6.45, 7) is 0.00700. The number of benzene rings is 1. The Morgan fingerprint density at radius 2 is 2.00 bits per heavy atom. The highest BCUT2D eigenvalue weighted by Gasteiger charge is 2.09. The lowest BCUT2D eigenvalue weighted by Gasteiger charge is -2.16. The van der Waals surface area contributed by atoms with Gasteiger partial charge in [-0.2, -0.15) is 4.98 Å². The lowest BCUT2D eigenvalue weighted by Crippen LogP contribution is -2.27. The molecule has 1 aromatic carbocycles. The molecule has 0 bridgehead atoms. The molecule has 0 saturated heterocycles. The maximum absolute atomic E-state index is 9.37. The van der Waals surface area contributed by atoms with Gasteiger partial charge in [0.15, 0.2) is 0 Å². The van der Waals surface area contributed by atoms with Crippen molar-refractivity contribution in [3.8, 4) is 0 Å². The number of hydrogen-bond donors (Lipinski definition) is 3. The van der Waals surface area contributed by atoms with Gasteiger partial charge in [-0.15, -0.1) is 0 Å². The third-order valence-electron chi connectivity index (χ3n) is 2.56. The van der Waals surface area contributed by atoms with E-state index in [-0.39, 0.29) is 12.6 Å². The molecule has 4 N–H and O–H groups in total. The predicted octanol–water partition coefficient (Wildman–Crippen LogP) is 1.07. The normalized spacial score (nSPS) is 12.1. The van der Waals surface area contributed by atoms with Gasteiger partial charge in [0.05, 0.1) is 12.6 Å². The second-order valence-corrected chi connectivity index (χ2v) is 4.02. The molecule has 2 rings (SSSR count). The molecule has 0 amide bonds. The van der Waals surface area contributed by atoms with Crippen molar-refractivity contribution in [3.63, 3.8) is 0 Å². The number of anilines is 2. The van der Waals surface area contributed by atoms with Crippen LogP contribution in [-0.4, -0.2) is 27.7 Å². The van der Waals surface area contributed by atoms with Gasteiger partial charge in [0, 0.05) is 6.20 Å². The predicted molar refractivity (Wildman–Crippen MR) is 71.1 cm³/mol. The average molecular weight is 244 g/mol. The van der Waals surface area contributed by atoms with Crippen LogP contribution < -0.4 is 11.1 Å². The Balaban J connectivity index is 2.01. The fraction of sp³-hybridized carbons (Fsp3) is 0.231. The van der Waals surface area contributed by atoms with E-state index in [1.54, 1.807) is 12.3 Å². The zero-order valence-corrected chi connectivity index (χ0v) is 9.95. The van der Waals surface area contributed by atoms with Crippen LogP contribution in [0, 0.1) is 0 Å². The standard InChI is InChI=1S/C13H16N4O/c14-12-6-7-15-13(17-12)16-11(9-18)8-10-4-2-1-3-5-10/h1-7,11,18H,8-9H2,(H3,14,15,16,17). The molecule has 0 spiro atoms. The summed E-state index contributed by atoms with van der Waals surface area (Å²) < 4.78 is 0. The number of hydrogen-bond acceptors (Lipinski definition) is 5. The molecule has 0 aliphatic carbocycles. The van der Waals surface area contributed by atoms with Gasteiger partial charge >= 0.3 is 0 Å². The molecule has 18 heavy (non-hydrogen) atoms. The summed E-state index contributed by atoms with van der Waals surface area (Å²) >= 11 is 0. The quantitative estimate of drug-likeness (QED) is 0.732. The van der Waals surface area contributed by atoms with E-state index in [1.807, 2.05) is 30.3 Å². The fourth-order valence-corrected chi connectivity index (χ4v) is 1.68. The topological polar surface area (TPSA) is 84.1 Å². The Morgan fingerprint density at radius 3 is 2.67 bits per heavy atom. The molecule has 0 saturated carbocycles. The number of aromatic nitrogens is 2. The number of nitrogens with zero attached hydrogens (tertiary/aromatic N) is 2. The molecule has 0 radical (unpaired) electrons. The van der Waals surface area contributed by atoms with Gasteiger partial charge in [0.25, 0.3) is 0 Å². The minimum atomic E-state index is -0.130. The molecular formula is C13H16N4O. The van der Waals surface area contributed by atoms with Crippen LogP contribution in [-0.2, 0) is 6.42 Å². The maximum Gasteiger partial charge on any atom is 0.224 e. The van der Waals surface area contributed by atoms with Crippen molar-refractivity contribution < 1.29 is 5.11 Å². The fourth-order valence-electron chi connectivity index (χ4n) is 1.68. The molecule has 5 nitrogen and oxygen atoms in total. The van der Waals surface area contributed by atoms with E-state index in [4.69, 9.17) is 5.73 Å². The number of aliphatic hydroxyl groups is 1. The molecule has 2 aromatic rings. The van der Waals surface area contributed by atoms with Gasteiger partial charge in [0.2, 0.25) is 5.95 Å². The van der Waals surface area contributed by atoms with Crippen molar-refractivity contribution in [2.24, 2.45) is 0 Å². The van der Waals surface area contributed by atoms with E-state index >= 15 is 0 Å². The molecule has 0 fully saturated rings. The first-order valence-electron chi connectivity index (χ1n) is 5.78. The minimum Gasteiger partial charge on any atom is -0.394 e. The van der Waals surface area contributed by atoms with E-state index < -0.39 is 0 Å². The van der Waals surface area contributed by atoms with E-state index in [0.717, 1.165) is 5.56 Å². The Hall–Kier alpha value is -2.14. The molecule has 1 aromatic heterocycles. The zero-order valence-electron chi connectivity index (χ0n) is 9.95. The Labute approximate surface area is 106 Å². The Bertz CT molecular complexity index is 489. The third kappa shape index (κ3) is 3.43. The largest absolute Gasteiger partial charge is 0.394 e. The van der Waals surface area contributed by atoms with Crippen molar-refractivity contribution >= 4 is 11.8 Å². The first-order chi connectivity index (χ1) is 8.78. The number of aliphatic hydroxyl groups excluding tert-OH is 1. The summed E-state index contributed by atoms with van der Waals surface area (Å²) in [5.74, 6) is 0.842. The van der Waals surface area contributed by atoms with Gasteiger partial charge in [-0.25, -0.2) is 4.98 Å². The van der Waals surface area contributed by atoms with E-state index in [1.165, 1.54) is 0 Å².